The second-order valence-electron chi connectivity index (χ2n) is 7.76. The number of H-pyrrole nitrogens is 1. The third-order valence-electron chi connectivity index (χ3n) is 5.68. The van der Waals surface area contributed by atoms with Gasteiger partial charge in [0.2, 0.25) is 5.91 Å². The minimum Gasteiger partial charge on any atom is -0.319 e. The van der Waals surface area contributed by atoms with E-state index in [4.69, 9.17) is 11.6 Å². The van der Waals surface area contributed by atoms with Crippen LogP contribution in [0.2, 0.25) is 5.02 Å². The number of fused-ring (bicyclic) bond motifs is 2. The number of carbonyl (C=O) groups excluding carboxylic acids is 1. The summed E-state index contributed by atoms with van der Waals surface area (Å²) in [7, 11) is 0. The molecule has 7 nitrogen and oxygen atoms in total. The number of nitrogens with zero attached hydrogens (tertiary/aromatic N) is 4. The second-order valence-corrected chi connectivity index (χ2v) is 8.14. The Morgan fingerprint density at radius 2 is 2.03 bits per heavy atom. The van der Waals surface area contributed by atoms with Crippen LogP contribution in [0.25, 0.3) is 33.2 Å². The highest BCUT2D eigenvalue weighted by atomic mass is 35.5. The van der Waals surface area contributed by atoms with Crippen molar-refractivity contribution in [1.82, 2.24) is 24.4 Å². The highest BCUT2D eigenvalue weighted by molar-refractivity contribution is 6.35. The van der Waals surface area contributed by atoms with Crippen LogP contribution in [-0.2, 0) is 4.79 Å². The molecule has 4 heterocycles. The Hall–Kier alpha value is -3.72. The van der Waals surface area contributed by atoms with Crippen LogP contribution in [0.15, 0.2) is 55.1 Å². The van der Waals surface area contributed by atoms with E-state index in [1.807, 2.05) is 0 Å². The lowest BCUT2D eigenvalue weighted by Crippen LogP contribution is -2.15. The molecule has 1 fully saturated rings. The predicted octanol–water partition coefficient (Wildman–Crippen LogP) is 4.76. The zero-order valence-corrected chi connectivity index (χ0v) is 17.1. The Morgan fingerprint density at radius 1 is 1.25 bits per heavy atom. The maximum absolute atomic E-state index is 15.4. The van der Waals surface area contributed by atoms with Crippen LogP contribution < -0.4 is 5.32 Å². The van der Waals surface area contributed by atoms with Gasteiger partial charge in [0, 0.05) is 35.6 Å². The summed E-state index contributed by atoms with van der Waals surface area (Å²) in [5.74, 6) is -1.24. The van der Waals surface area contributed by atoms with E-state index in [0.717, 1.165) is 0 Å². The maximum Gasteiger partial charge on any atom is 0.231 e. The molecule has 4 aromatic heterocycles. The molecule has 160 valence electrons. The van der Waals surface area contributed by atoms with Crippen molar-refractivity contribution in [1.29, 1.82) is 0 Å². The van der Waals surface area contributed by atoms with E-state index in [1.165, 1.54) is 0 Å². The average molecular weight is 453 g/mol. The predicted molar refractivity (Wildman–Crippen MR) is 116 cm³/mol. The number of hydrogen-bond donors (Lipinski definition) is 2. The molecule has 32 heavy (non-hydrogen) atoms. The van der Waals surface area contributed by atoms with Crippen LogP contribution in [0.5, 0.6) is 0 Å². The number of anilines is 1. The van der Waals surface area contributed by atoms with E-state index >= 15 is 4.39 Å². The van der Waals surface area contributed by atoms with Gasteiger partial charge in [-0.05, 0) is 36.2 Å². The third kappa shape index (κ3) is 2.89. The fraction of sp³-hybridized carbons (Fsp3) is 0.136. The zero-order valence-electron chi connectivity index (χ0n) is 16.4. The molecule has 5 aromatic rings. The van der Waals surface area contributed by atoms with Crippen molar-refractivity contribution in [3.05, 3.63) is 66.0 Å². The number of carbonyl (C=O) groups is 1. The number of aromatic amines is 1. The molecule has 0 radical (unpaired) electrons. The zero-order chi connectivity index (χ0) is 22.0. The summed E-state index contributed by atoms with van der Waals surface area (Å²) in [5, 5.41) is 14.6. The minimum absolute atomic E-state index is 0.0253. The Kier molecular flexibility index (Phi) is 4.09. The second kappa shape index (κ2) is 6.89. The topological polar surface area (TPSA) is 80.0 Å². The van der Waals surface area contributed by atoms with Gasteiger partial charge in [0.25, 0.3) is 0 Å². The molecular weight excluding hydrogens is 438 g/mol. The Morgan fingerprint density at radius 3 is 2.78 bits per heavy atom. The number of rotatable bonds is 4. The summed E-state index contributed by atoms with van der Waals surface area (Å²) in [5.41, 5.74) is 2.63. The SMILES string of the molecule is O=C(Nc1cc2cc(-c3c(Cl)c(F)c(-n4cccc4)c4[nH]ncc34)ccn2n1)C1CC1F. The van der Waals surface area contributed by atoms with E-state index in [1.54, 1.807) is 64.2 Å². The van der Waals surface area contributed by atoms with Crippen LogP contribution in [0.3, 0.4) is 0 Å². The average Bonchev–Trinajstić information content (AvgIpc) is 3.21. The van der Waals surface area contributed by atoms with Gasteiger partial charge in [-0.1, -0.05) is 11.6 Å². The van der Waals surface area contributed by atoms with Crippen LogP contribution in [0, 0.1) is 11.7 Å². The van der Waals surface area contributed by atoms with E-state index in [2.05, 4.69) is 20.6 Å². The molecule has 10 heteroatoms. The molecule has 1 aromatic carbocycles. The van der Waals surface area contributed by atoms with Gasteiger partial charge in [-0.3, -0.25) is 9.89 Å². The third-order valence-corrected chi connectivity index (χ3v) is 6.04. The Bertz CT molecular complexity index is 1510. The molecule has 2 unspecified atom stereocenters. The van der Waals surface area contributed by atoms with Gasteiger partial charge in [0.1, 0.15) is 11.9 Å². The number of benzene rings is 1. The number of halogens is 3. The van der Waals surface area contributed by atoms with Crippen molar-refractivity contribution in [3.8, 4) is 16.8 Å². The summed E-state index contributed by atoms with van der Waals surface area (Å²) in [6, 6.07) is 8.81. The normalized spacial score (nSPS) is 17.8. The highest BCUT2D eigenvalue weighted by Gasteiger charge is 2.43. The quantitative estimate of drug-likeness (QED) is 0.412. The molecule has 1 aliphatic rings. The van der Waals surface area contributed by atoms with Gasteiger partial charge < -0.3 is 9.88 Å². The van der Waals surface area contributed by atoms with Crippen molar-refractivity contribution < 1.29 is 13.6 Å². The summed E-state index contributed by atoms with van der Waals surface area (Å²) in [4.78, 5) is 12.0. The molecule has 0 bridgehead atoms. The molecule has 1 saturated carbocycles. The number of aromatic nitrogens is 5. The fourth-order valence-electron chi connectivity index (χ4n) is 3.97. The lowest BCUT2D eigenvalue weighted by atomic mass is 10.0. The van der Waals surface area contributed by atoms with Gasteiger partial charge in [-0.2, -0.15) is 10.2 Å². The van der Waals surface area contributed by atoms with E-state index in [-0.39, 0.29) is 23.0 Å². The number of alkyl halides is 1. The van der Waals surface area contributed by atoms with Gasteiger partial charge in [-0.15, -0.1) is 0 Å². The first-order valence-corrected chi connectivity index (χ1v) is 10.3. The van der Waals surface area contributed by atoms with Crippen LogP contribution in [-0.4, -0.2) is 36.5 Å². The molecule has 0 spiro atoms. The van der Waals surface area contributed by atoms with Crippen LogP contribution in [0.4, 0.5) is 14.6 Å². The molecular formula is C22H15ClF2N6O. The van der Waals surface area contributed by atoms with Gasteiger partial charge in [0.05, 0.1) is 28.2 Å². The molecule has 2 atom stereocenters. The van der Waals surface area contributed by atoms with Gasteiger partial charge in [0.15, 0.2) is 11.6 Å². The van der Waals surface area contributed by atoms with Crippen molar-refractivity contribution in [2.45, 2.75) is 12.6 Å². The van der Waals surface area contributed by atoms with E-state index in [0.29, 0.717) is 33.4 Å². The van der Waals surface area contributed by atoms with Crippen molar-refractivity contribution in [3.63, 3.8) is 0 Å². The Labute approximate surface area is 184 Å². The summed E-state index contributed by atoms with van der Waals surface area (Å²) in [6.07, 6.45) is 5.92. The lowest BCUT2D eigenvalue weighted by molar-refractivity contribution is -0.117. The van der Waals surface area contributed by atoms with Crippen LogP contribution in [0.1, 0.15) is 6.42 Å². The summed E-state index contributed by atoms with van der Waals surface area (Å²) in [6.45, 7) is 0. The highest BCUT2D eigenvalue weighted by Crippen LogP contribution is 2.41. The molecule has 1 aliphatic carbocycles. The summed E-state index contributed by atoms with van der Waals surface area (Å²) < 4.78 is 31.7. The first-order valence-electron chi connectivity index (χ1n) is 9.93. The van der Waals surface area contributed by atoms with Crippen LogP contribution >= 0.6 is 11.6 Å². The van der Waals surface area contributed by atoms with Gasteiger partial charge >= 0.3 is 0 Å². The number of amides is 1. The largest absolute Gasteiger partial charge is 0.319 e. The number of nitrogens with one attached hydrogen (secondary N) is 2. The van der Waals surface area contributed by atoms with Crippen molar-refractivity contribution >= 4 is 39.7 Å². The smallest absolute Gasteiger partial charge is 0.231 e. The molecule has 2 N–H and O–H groups in total. The monoisotopic (exact) mass is 452 g/mol. The lowest BCUT2D eigenvalue weighted by Gasteiger charge is -2.13. The maximum atomic E-state index is 15.4. The molecule has 0 saturated heterocycles. The standard InChI is InChI=1S/C22H15ClF2N6O/c23-18-17(14-10-26-28-20(14)21(19(18)25)30-4-1-2-5-30)11-3-6-31-12(7-11)8-16(29-31)27-22(32)13-9-15(13)24/h1-8,10,13,15H,9H2,(H,26,28)(H,27,29,32). The van der Waals surface area contributed by atoms with E-state index < -0.39 is 17.9 Å². The minimum atomic E-state index is -1.08. The molecule has 1 amide bonds. The van der Waals surface area contributed by atoms with E-state index in [9.17, 15) is 9.18 Å². The number of pyridine rings is 1. The van der Waals surface area contributed by atoms with Gasteiger partial charge in [-0.25, -0.2) is 13.3 Å². The first kappa shape index (κ1) is 19.0. The van der Waals surface area contributed by atoms with Crippen molar-refractivity contribution in [2.75, 3.05) is 5.32 Å². The molecule has 6 rings (SSSR count). The first-order chi connectivity index (χ1) is 15.5. The fourth-order valence-corrected chi connectivity index (χ4v) is 4.27. The van der Waals surface area contributed by atoms with Crippen molar-refractivity contribution in [2.24, 2.45) is 5.92 Å². The molecule has 0 aliphatic heterocycles. The Balaban J connectivity index is 1.45. The number of hydrogen-bond acceptors (Lipinski definition) is 3. The summed E-state index contributed by atoms with van der Waals surface area (Å²) >= 11 is 6.52.